The van der Waals surface area contributed by atoms with Gasteiger partial charge in [-0.3, -0.25) is 4.68 Å². The number of aromatic nitrogens is 4. The first-order valence-electron chi connectivity index (χ1n) is 5.87. The van der Waals surface area contributed by atoms with E-state index in [0.29, 0.717) is 17.5 Å². The minimum absolute atomic E-state index is 0.268. The number of aryl methyl sites for hydroxylation is 1. The van der Waals surface area contributed by atoms with Crippen molar-refractivity contribution in [2.75, 3.05) is 0 Å². The summed E-state index contributed by atoms with van der Waals surface area (Å²) in [5, 5.41) is 9.97. The normalized spacial score (nSPS) is 10.8. The zero-order valence-corrected chi connectivity index (χ0v) is 11.1. The van der Waals surface area contributed by atoms with Crippen molar-refractivity contribution in [3.8, 4) is 16.5 Å². The van der Waals surface area contributed by atoms with E-state index in [1.54, 1.807) is 22.2 Å². The fraction of sp³-hybridized carbons (Fsp3) is 0.250. The van der Waals surface area contributed by atoms with Crippen LogP contribution in [0.15, 0.2) is 34.4 Å². The maximum atomic E-state index is 5.54. The second kappa shape index (κ2) is 5.23. The lowest BCUT2D eigenvalue weighted by molar-refractivity contribution is 0.286. The van der Waals surface area contributed by atoms with Gasteiger partial charge in [-0.2, -0.15) is 10.1 Å². The average molecular weight is 276 g/mol. The Morgan fingerprint density at radius 2 is 2.42 bits per heavy atom. The maximum Gasteiger partial charge on any atom is 0.268 e. The lowest BCUT2D eigenvalue weighted by Gasteiger charge is -1.97. The van der Waals surface area contributed by atoms with Crippen LogP contribution in [0.3, 0.4) is 0 Å². The zero-order chi connectivity index (χ0) is 13.1. The molecule has 3 aromatic heterocycles. The molecule has 0 N–H and O–H groups in total. The Balaban J connectivity index is 1.64. The Hall–Kier alpha value is -2.15. The molecule has 0 fully saturated rings. The van der Waals surface area contributed by atoms with E-state index < -0.39 is 0 Å². The predicted octanol–water partition coefficient (Wildman–Crippen LogP) is 2.59. The summed E-state index contributed by atoms with van der Waals surface area (Å²) in [4.78, 5) is 5.23. The van der Waals surface area contributed by atoms with Gasteiger partial charge in [-0.25, -0.2) is 0 Å². The Morgan fingerprint density at radius 3 is 3.16 bits per heavy atom. The van der Waals surface area contributed by atoms with E-state index in [9.17, 15) is 0 Å². The van der Waals surface area contributed by atoms with Crippen LogP contribution >= 0.6 is 11.3 Å². The highest BCUT2D eigenvalue weighted by molar-refractivity contribution is 7.13. The van der Waals surface area contributed by atoms with E-state index in [1.807, 2.05) is 30.6 Å². The van der Waals surface area contributed by atoms with Gasteiger partial charge in [-0.05, 0) is 18.4 Å². The van der Waals surface area contributed by atoms with Gasteiger partial charge in [0.1, 0.15) is 0 Å². The molecule has 0 unspecified atom stereocenters. The molecule has 0 aliphatic carbocycles. The molecule has 19 heavy (non-hydrogen) atoms. The first-order valence-corrected chi connectivity index (χ1v) is 6.75. The molecule has 3 rings (SSSR count). The molecule has 0 bridgehead atoms. The third-order valence-corrected chi connectivity index (χ3v) is 3.36. The number of ether oxygens (including phenoxy) is 1. The van der Waals surface area contributed by atoms with Gasteiger partial charge in [0.05, 0.1) is 17.3 Å². The van der Waals surface area contributed by atoms with E-state index in [0.717, 1.165) is 11.4 Å². The molecule has 98 valence electrons. The van der Waals surface area contributed by atoms with Gasteiger partial charge in [0.15, 0.2) is 12.4 Å². The van der Waals surface area contributed by atoms with Crippen LogP contribution in [0.4, 0.5) is 0 Å². The second-order valence-electron chi connectivity index (χ2n) is 3.81. The molecule has 0 aromatic carbocycles. The first kappa shape index (κ1) is 11.9. The Labute approximate surface area is 113 Å². The van der Waals surface area contributed by atoms with Gasteiger partial charge in [0.25, 0.3) is 5.89 Å². The maximum absolute atomic E-state index is 5.54. The molecule has 0 aliphatic rings. The lowest BCUT2D eigenvalue weighted by atomic mass is 10.5. The summed E-state index contributed by atoms with van der Waals surface area (Å²) in [6.45, 7) is 3.10. The fourth-order valence-corrected chi connectivity index (χ4v) is 2.20. The Kier molecular flexibility index (Phi) is 3.28. The van der Waals surface area contributed by atoms with Crippen molar-refractivity contribution in [1.29, 1.82) is 0 Å². The van der Waals surface area contributed by atoms with Gasteiger partial charge < -0.3 is 9.26 Å². The molecule has 0 atom stereocenters. The summed E-state index contributed by atoms with van der Waals surface area (Å²) in [6, 6.07) is 3.88. The molecule has 0 saturated carbocycles. The van der Waals surface area contributed by atoms with Gasteiger partial charge in [0.2, 0.25) is 5.82 Å². The van der Waals surface area contributed by atoms with Crippen molar-refractivity contribution < 1.29 is 9.26 Å². The topological polar surface area (TPSA) is 66.0 Å². The average Bonchev–Trinajstić information content (AvgIpc) is 3.16. The van der Waals surface area contributed by atoms with Crippen molar-refractivity contribution in [3.63, 3.8) is 0 Å². The molecule has 0 saturated heterocycles. The standard InChI is InChI=1S/C12H12N4O2S/c1-2-16-7-9(6-13-16)17-8-11-14-12(18-15-11)10-4-3-5-19-10/h3-7H,2,8H2,1H3. The van der Waals surface area contributed by atoms with Gasteiger partial charge in [0, 0.05) is 6.54 Å². The number of nitrogens with zero attached hydrogens (tertiary/aromatic N) is 4. The van der Waals surface area contributed by atoms with Crippen LogP contribution in [0.5, 0.6) is 5.75 Å². The van der Waals surface area contributed by atoms with Crippen LogP contribution < -0.4 is 4.74 Å². The highest BCUT2D eigenvalue weighted by atomic mass is 32.1. The van der Waals surface area contributed by atoms with Gasteiger partial charge in [-0.1, -0.05) is 11.2 Å². The highest BCUT2D eigenvalue weighted by Gasteiger charge is 2.10. The molecule has 0 radical (unpaired) electrons. The molecule has 3 aromatic rings. The van der Waals surface area contributed by atoms with E-state index in [2.05, 4.69) is 15.2 Å². The third-order valence-electron chi connectivity index (χ3n) is 2.50. The molecule has 0 spiro atoms. The Bertz CT molecular complexity index is 644. The summed E-state index contributed by atoms with van der Waals surface area (Å²) in [7, 11) is 0. The van der Waals surface area contributed by atoms with E-state index in [4.69, 9.17) is 9.26 Å². The number of hydrogen-bond acceptors (Lipinski definition) is 6. The summed E-state index contributed by atoms with van der Waals surface area (Å²) in [5.74, 6) is 1.75. The minimum atomic E-state index is 0.268. The molecule has 6 nitrogen and oxygen atoms in total. The molecular formula is C12H12N4O2S. The van der Waals surface area contributed by atoms with E-state index in [-0.39, 0.29) is 6.61 Å². The minimum Gasteiger partial charge on any atom is -0.482 e. The van der Waals surface area contributed by atoms with Crippen LogP contribution in [0, 0.1) is 0 Å². The Morgan fingerprint density at radius 1 is 1.47 bits per heavy atom. The van der Waals surface area contributed by atoms with Crippen molar-refractivity contribution in [1.82, 2.24) is 19.9 Å². The lowest BCUT2D eigenvalue weighted by Crippen LogP contribution is -1.97. The zero-order valence-electron chi connectivity index (χ0n) is 10.3. The molecule has 7 heteroatoms. The number of thiophene rings is 1. The summed E-state index contributed by atoms with van der Waals surface area (Å²) in [5.41, 5.74) is 0. The summed E-state index contributed by atoms with van der Waals surface area (Å²) < 4.78 is 12.5. The number of hydrogen-bond donors (Lipinski definition) is 0. The van der Waals surface area contributed by atoms with Crippen LogP contribution in [0.25, 0.3) is 10.8 Å². The van der Waals surface area contributed by atoms with Crippen LogP contribution in [-0.2, 0) is 13.2 Å². The van der Waals surface area contributed by atoms with Crippen LogP contribution in [0.2, 0.25) is 0 Å². The van der Waals surface area contributed by atoms with E-state index >= 15 is 0 Å². The number of rotatable bonds is 5. The molecule has 0 amide bonds. The summed E-state index contributed by atoms with van der Waals surface area (Å²) >= 11 is 1.56. The van der Waals surface area contributed by atoms with Crippen molar-refractivity contribution in [2.45, 2.75) is 20.1 Å². The molecule has 3 heterocycles. The van der Waals surface area contributed by atoms with Crippen LogP contribution in [-0.4, -0.2) is 19.9 Å². The van der Waals surface area contributed by atoms with Crippen LogP contribution in [0.1, 0.15) is 12.7 Å². The fourth-order valence-electron chi connectivity index (χ4n) is 1.55. The molecule has 0 aliphatic heterocycles. The second-order valence-corrected chi connectivity index (χ2v) is 4.76. The smallest absolute Gasteiger partial charge is 0.268 e. The first-order chi connectivity index (χ1) is 9.35. The van der Waals surface area contributed by atoms with E-state index in [1.165, 1.54) is 0 Å². The highest BCUT2D eigenvalue weighted by Crippen LogP contribution is 2.22. The third kappa shape index (κ3) is 2.65. The molecular weight excluding hydrogens is 264 g/mol. The van der Waals surface area contributed by atoms with Gasteiger partial charge >= 0.3 is 0 Å². The van der Waals surface area contributed by atoms with Crippen molar-refractivity contribution >= 4 is 11.3 Å². The predicted molar refractivity (Wildman–Crippen MR) is 69.8 cm³/mol. The van der Waals surface area contributed by atoms with Crippen molar-refractivity contribution in [2.24, 2.45) is 0 Å². The van der Waals surface area contributed by atoms with Crippen molar-refractivity contribution in [3.05, 3.63) is 35.7 Å². The summed E-state index contributed by atoms with van der Waals surface area (Å²) in [6.07, 6.45) is 3.50. The monoisotopic (exact) mass is 276 g/mol. The largest absolute Gasteiger partial charge is 0.482 e. The SMILES string of the molecule is CCn1cc(OCc2noc(-c3cccs3)n2)cn1. The quantitative estimate of drug-likeness (QED) is 0.716. The van der Waals surface area contributed by atoms with Gasteiger partial charge in [-0.15, -0.1) is 11.3 Å².